The molecule has 0 radical (unpaired) electrons. The molecule has 8 heteroatoms. The van der Waals surface area contributed by atoms with Crippen molar-refractivity contribution in [1.82, 2.24) is 9.97 Å². The number of hydrogen-bond donors (Lipinski definition) is 3. The molecule has 26 heavy (non-hydrogen) atoms. The Bertz CT molecular complexity index is 1000. The number of amides is 1. The summed E-state index contributed by atoms with van der Waals surface area (Å²) in [6.07, 6.45) is 0. The number of aromatic amines is 1. The van der Waals surface area contributed by atoms with Gasteiger partial charge in [-0.2, -0.15) is 0 Å². The van der Waals surface area contributed by atoms with Gasteiger partial charge in [0.1, 0.15) is 10.4 Å². The van der Waals surface area contributed by atoms with Crippen LogP contribution in [0.5, 0.6) is 5.75 Å². The summed E-state index contributed by atoms with van der Waals surface area (Å²) in [4.78, 5) is 30.3. The molecule has 3 aromatic rings. The highest BCUT2D eigenvalue weighted by Gasteiger charge is 2.14. The topological polar surface area (TPSA) is 95.1 Å². The van der Waals surface area contributed by atoms with E-state index in [0.29, 0.717) is 14.7 Å². The summed E-state index contributed by atoms with van der Waals surface area (Å²) in [7, 11) is 0. The van der Waals surface area contributed by atoms with Crippen LogP contribution in [-0.4, -0.2) is 26.7 Å². The smallest absolute Gasteiger partial charge is 0.253 e. The van der Waals surface area contributed by atoms with Crippen molar-refractivity contribution >= 4 is 45.0 Å². The van der Waals surface area contributed by atoms with E-state index in [-0.39, 0.29) is 22.8 Å². The summed E-state index contributed by atoms with van der Waals surface area (Å²) >= 11 is 2.49. The maximum absolute atomic E-state index is 12.1. The second-order valence-corrected chi connectivity index (χ2v) is 9.06. The summed E-state index contributed by atoms with van der Waals surface area (Å²) in [5, 5.41) is 12.6. The van der Waals surface area contributed by atoms with Crippen molar-refractivity contribution in [2.45, 2.75) is 30.5 Å². The van der Waals surface area contributed by atoms with Crippen molar-refractivity contribution in [2.24, 2.45) is 0 Å². The lowest BCUT2D eigenvalue weighted by atomic mass is 9.87. The van der Waals surface area contributed by atoms with E-state index < -0.39 is 5.56 Å². The van der Waals surface area contributed by atoms with Gasteiger partial charge in [0, 0.05) is 11.8 Å². The van der Waals surface area contributed by atoms with Gasteiger partial charge in [-0.05, 0) is 23.1 Å². The number of thiazole rings is 1. The minimum atomic E-state index is -0.409. The van der Waals surface area contributed by atoms with Gasteiger partial charge < -0.3 is 15.4 Å². The van der Waals surface area contributed by atoms with Crippen molar-refractivity contribution < 1.29 is 9.90 Å². The van der Waals surface area contributed by atoms with Crippen LogP contribution in [0.3, 0.4) is 0 Å². The fraction of sp³-hybridized carbons (Fsp3) is 0.278. The summed E-state index contributed by atoms with van der Waals surface area (Å²) < 4.78 is 1.11. The molecule has 0 aliphatic carbocycles. The average molecular weight is 390 g/mol. The molecule has 3 rings (SSSR count). The fourth-order valence-corrected chi connectivity index (χ4v) is 4.15. The van der Waals surface area contributed by atoms with Crippen LogP contribution >= 0.6 is 23.1 Å². The number of H-pyrrole nitrogens is 1. The zero-order valence-corrected chi connectivity index (χ0v) is 16.3. The van der Waals surface area contributed by atoms with E-state index in [4.69, 9.17) is 0 Å². The largest absolute Gasteiger partial charge is 0.506 e. The zero-order valence-electron chi connectivity index (χ0n) is 14.6. The van der Waals surface area contributed by atoms with Gasteiger partial charge in [-0.1, -0.05) is 44.7 Å². The number of thioether (sulfide) groups is 1. The first-order valence-electron chi connectivity index (χ1n) is 7.98. The number of carbonyl (C=O) groups is 1. The minimum Gasteiger partial charge on any atom is -0.506 e. The lowest BCUT2D eigenvalue weighted by molar-refractivity contribution is -0.113. The van der Waals surface area contributed by atoms with Gasteiger partial charge in [0.15, 0.2) is 9.99 Å². The van der Waals surface area contributed by atoms with Crippen molar-refractivity contribution in [3.63, 3.8) is 0 Å². The van der Waals surface area contributed by atoms with Crippen LogP contribution in [-0.2, 0) is 10.2 Å². The van der Waals surface area contributed by atoms with E-state index in [0.717, 1.165) is 11.8 Å². The average Bonchev–Trinajstić information content (AvgIpc) is 2.96. The molecule has 0 fully saturated rings. The first-order chi connectivity index (χ1) is 12.2. The second kappa shape index (κ2) is 7.13. The number of carbonyl (C=O) groups excluding carboxylic acids is 1. The third-order valence-electron chi connectivity index (χ3n) is 3.71. The van der Waals surface area contributed by atoms with E-state index >= 15 is 0 Å². The van der Waals surface area contributed by atoms with E-state index in [1.165, 1.54) is 28.7 Å². The molecule has 2 heterocycles. The molecule has 6 nitrogen and oxygen atoms in total. The fourth-order valence-electron chi connectivity index (χ4n) is 2.34. The van der Waals surface area contributed by atoms with Gasteiger partial charge in [-0.15, -0.1) is 11.3 Å². The van der Waals surface area contributed by atoms with E-state index in [1.807, 2.05) is 24.3 Å². The summed E-state index contributed by atoms with van der Waals surface area (Å²) in [6, 6.07) is 8.92. The Morgan fingerprint density at radius 2 is 2.00 bits per heavy atom. The molecule has 2 aromatic heterocycles. The molecule has 0 saturated heterocycles. The van der Waals surface area contributed by atoms with Crippen LogP contribution in [0.25, 0.3) is 10.3 Å². The van der Waals surface area contributed by atoms with Crippen LogP contribution in [0, 0.1) is 0 Å². The number of nitrogens with zero attached hydrogens (tertiary/aromatic N) is 1. The van der Waals surface area contributed by atoms with Crippen LogP contribution in [0.1, 0.15) is 26.3 Å². The highest BCUT2D eigenvalue weighted by molar-refractivity contribution is 8.01. The van der Waals surface area contributed by atoms with Crippen LogP contribution in [0.4, 0.5) is 5.69 Å². The van der Waals surface area contributed by atoms with E-state index in [2.05, 4.69) is 36.1 Å². The van der Waals surface area contributed by atoms with Gasteiger partial charge in [0.2, 0.25) is 5.91 Å². The number of anilines is 1. The second-order valence-electron chi connectivity index (χ2n) is 6.84. The molecule has 0 aliphatic heterocycles. The van der Waals surface area contributed by atoms with Gasteiger partial charge in [0.25, 0.3) is 5.56 Å². The Balaban J connectivity index is 1.62. The zero-order chi connectivity index (χ0) is 18.9. The number of fused-ring (bicyclic) bond motifs is 1. The summed E-state index contributed by atoms with van der Waals surface area (Å²) in [5.74, 6) is -0.0572. The van der Waals surface area contributed by atoms with Gasteiger partial charge in [0.05, 0.1) is 5.75 Å². The third-order valence-corrected chi connectivity index (χ3v) is 5.93. The van der Waals surface area contributed by atoms with Crippen molar-refractivity contribution in [3.8, 4) is 5.75 Å². The quantitative estimate of drug-likeness (QED) is 0.591. The molecule has 0 bridgehead atoms. The summed E-state index contributed by atoms with van der Waals surface area (Å²) in [5.41, 5.74) is 1.94. The Kier molecular flexibility index (Phi) is 5.06. The number of benzene rings is 1. The van der Waals surface area contributed by atoms with Gasteiger partial charge in [-0.3, -0.25) is 9.59 Å². The molecule has 3 N–H and O–H groups in total. The van der Waals surface area contributed by atoms with Crippen molar-refractivity contribution in [2.75, 3.05) is 11.1 Å². The molecular weight excluding hydrogens is 370 g/mol. The van der Waals surface area contributed by atoms with Crippen molar-refractivity contribution in [3.05, 3.63) is 46.2 Å². The molecule has 0 unspecified atom stereocenters. The predicted octanol–water partition coefficient (Wildman–Crippen LogP) is 3.72. The monoisotopic (exact) mass is 389 g/mol. The van der Waals surface area contributed by atoms with Crippen LogP contribution in [0.15, 0.2) is 39.5 Å². The van der Waals surface area contributed by atoms with Gasteiger partial charge >= 0.3 is 0 Å². The molecule has 0 atom stereocenters. The molecule has 1 aromatic carbocycles. The predicted molar refractivity (Wildman–Crippen MR) is 106 cm³/mol. The maximum Gasteiger partial charge on any atom is 0.253 e. The lowest BCUT2D eigenvalue weighted by Crippen LogP contribution is -2.15. The molecule has 0 saturated carbocycles. The van der Waals surface area contributed by atoms with Crippen LogP contribution in [0.2, 0.25) is 0 Å². The Morgan fingerprint density at radius 3 is 2.65 bits per heavy atom. The van der Waals surface area contributed by atoms with Crippen molar-refractivity contribution in [1.29, 1.82) is 0 Å². The van der Waals surface area contributed by atoms with E-state index in [9.17, 15) is 14.7 Å². The van der Waals surface area contributed by atoms with Gasteiger partial charge in [-0.25, -0.2) is 4.98 Å². The Hall–Kier alpha value is -2.32. The van der Waals surface area contributed by atoms with E-state index in [1.54, 1.807) is 0 Å². The lowest BCUT2D eigenvalue weighted by Gasteiger charge is -2.19. The molecular formula is C18H19N3O3S2. The standard InChI is InChI=1S/C18H19N3O3S2/c1-18(2,3)10-4-6-11(7-5-10)19-14(24)9-25-17-21-16-15(26-17)12(22)8-13(23)20-16/h4-8H,9H2,1-3H3,(H,19,24)(H2,20,22,23). The SMILES string of the molecule is CC(C)(C)c1ccc(NC(=O)CSc2nc3[nH]c(=O)cc(O)c3s2)cc1. The first-order valence-corrected chi connectivity index (χ1v) is 9.78. The Labute approximate surface area is 158 Å². The molecule has 0 aliphatic rings. The maximum atomic E-state index is 12.1. The highest BCUT2D eigenvalue weighted by Crippen LogP contribution is 2.33. The minimum absolute atomic E-state index is 0.0672. The molecule has 136 valence electrons. The number of aromatic hydroxyl groups is 1. The first kappa shape index (κ1) is 18.5. The third kappa shape index (κ3) is 4.25. The number of rotatable bonds is 4. The highest BCUT2D eigenvalue weighted by atomic mass is 32.2. The number of aromatic nitrogens is 2. The Morgan fingerprint density at radius 1 is 1.31 bits per heavy atom. The molecule has 0 spiro atoms. The number of pyridine rings is 1. The summed E-state index contributed by atoms with van der Waals surface area (Å²) in [6.45, 7) is 6.42. The normalized spacial score (nSPS) is 11.7. The number of nitrogens with one attached hydrogen (secondary N) is 2. The van der Waals surface area contributed by atoms with Crippen LogP contribution < -0.4 is 10.9 Å². The number of hydrogen-bond acceptors (Lipinski definition) is 6. The molecule has 1 amide bonds.